The zero-order chi connectivity index (χ0) is 21.8. The van der Waals surface area contributed by atoms with Gasteiger partial charge in [0.25, 0.3) is 0 Å². The van der Waals surface area contributed by atoms with Gasteiger partial charge in [0.15, 0.2) is 9.84 Å². The lowest BCUT2D eigenvalue weighted by Crippen LogP contribution is -2.41. The first-order chi connectivity index (χ1) is 13.4. The van der Waals surface area contributed by atoms with E-state index in [4.69, 9.17) is 0 Å². The average molecular weight is 439 g/mol. The van der Waals surface area contributed by atoms with Crippen LogP contribution >= 0.6 is 0 Å². The second-order valence-electron chi connectivity index (χ2n) is 6.88. The van der Waals surface area contributed by atoms with E-state index in [0.717, 1.165) is 22.4 Å². The van der Waals surface area contributed by atoms with E-state index in [0.29, 0.717) is 17.7 Å². The second kappa shape index (κ2) is 8.96. The Morgan fingerprint density at radius 2 is 1.59 bits per heavy atom. The quantitative estimate of drug-likeness (QED) is 0.682. The van der Waals surface area contributed by atoms with E-state index >= 15 is 0 Å². The van der Waals surface area contributed by atoms with Crippen LogP contribution in [0.2, 0.25) is 0 Å². The Kier molecular flexibility index (Phi) is 7.07. The van der Waals surface area contributed by atoms with Crippen molar-refractivity contribution in [2.75, 3.05) is 23.4 Å². The zero-order valence-corrected chi connectivity index (χ0v) is 18.5. The van der Waals surface area contributed by atoms with Crippen LogP contribution < -0.4 is 9.62 Å². The molecule has 0 saturated heterocycles. The Bertz CT molecular complexity index is 1080. The molecule has 0 fully saturated rings. The fraction of sp³-hybridized carbons (Fsp3) is 0.350. The molecule has 9 heteroatoms. The van der Waals surface area contributed by atoms with Gasteiger partial charge in [0.2, 0.25) is 15.9 Å². The molecular formula is C20H26N2O5S2. The molecule has 0 aliphatic rings. The molecule has 0 aliphatic heterocycles. The molecule has 1 N–H and O–H groups in total. The van der Waals surface area contributed by atoms with E-state index < -0.39 is 31.8 Å². The highest BCUT2D eigenvalue weighted by atomic mass is 32.2. The first kappa shape index (κ1) is 22.9. The Morgan fingerprint density at radius 1 is 1.00 bits per heavy atom. The molecule has 0 heterocycles. The lowest BCUT2D eigenvalue weighted by molar-refractivity contribution is -0.120. The summed E-state index contributed by atoms with van der Waals surface area (Å²) in [5, 5.41) is 2.77. The van der Waals surface area contributed by atoms with Gasteiger partial charge in [-0.2, -0.15) is 0 Å². The summed E-state index contributed by atoms with van der Waals surface area (Å²) in [7, 11) is -6.96. The molecule has 2 rings (SSSR count). The van der Waals surface area contributed by atoms with Gasteiger partial charge >= 0.3 is 0 Å². The number of anilines is 1. The smallest absolute Gasteiger partial charge is 0.241 e. The van der Waals surface area contributed by atoms with Gasteiger partial charge in [-0.3, -0.25) is 9.10 Å². The topological polar surface area (TPSA) is 101 Å². The minimum atomic E-state index is -3.66. The summed E-state index contributed by atoms with van der Waals surface area (Å²) in [6, 6.07) is 12.9. The first-order valence-corrected chi connectivity index (χ1v) is 12.8. The van der Waals surface area contributed by atoms with Crippen LogP contribution in [0.15, 0.2) is 53.4 Å². The van der Waals surface area contributed by atoms with Gasteiger partial charge in [0, 0.05) is 6.26 Å². The molecule has 0 aromatic heterocycles. The number of hydrogen-bond acceptors (Lipinski definition) is 5. The number of hydrogen-bond donors (Lipinski definition) is 1. The average Bonchev–Trinajstić information content (AvgIpc) is 2.64. The molecule has 0 aliphatic carbocycles. The van der Waals surface area contributed by atoms with E-state index in [1.807, 2.05) is 19.1 Å². The lowest BCUT2D eigenvalue weighted by Gasteiger charge is -2.25. The number of rotatable bonds is 8. The Balaban J connectivity index is 2.18. The van der Waals surface area contributed by atoms with Crippen molar-refractivity contribution in [1.29, 1.82) is 0 Å². The van der Waals surface area contributed by atoms with Crippen LogP contribution in [0.3, 0.4) is 0 Å². The van der Waals surface area contributed by atoms with Crippen molar-refractivity contribution < 1.29 is 21.6 Å². The van der Waals surface area contributed by atoms with Crippen LogP contribution in [0.4, 0.5) is 5.69 Å². The molecule has 7 nitrogen and oxygen atoms in total. The maximum absolute atomic E-state index is 12.6. The minimum absolute atomic E-state index is 0.194. The highest BCUT2D eigenvalue weighted by Gasteiger charge is 2.23. The standard InChI is InChI=1S/C20H26N2O5S2/c1-5-16-8-6-7-9-19(16)22(29(4,26)27)14-20(23)21-15(2)17-10-12-18(13-11-17)28(3,24)25/h6-13,15H,5,14H2,1-4H3,(H,21,23)/t15-/m1/s1. The molecule has 29 heavy (non-hydrogen) atoms. The third kappa shape index (κ3) is 6.04. The molecule has 1 amide bonds. The first-order valence-electron chi connectivity index (χ1n) is 9.08. The number of sulfonamides is 1. The summed E-state index contributed by atoms with van der Waals surface area (Å²) >= 11 is 0. The molecule has 1 atom stereocenters. The lowest BCUT2D eigenvalue weighted by atomic mass is 10.1. The predicted octanol–water partition coefficient (Wildman–Crippen LogP) is 2.30. The molecule has 0 radical (unpaired) electrons. The van der Waals surface area contributed by atoms with Crippen LogP contribution in [0.1, 0.15) is 31.0 Å². The van der Waals surface area contributed by atoms with Gasteiger partial charge in [-0.1, -0.05) is 37.3 Å². The molecular weight excluding hydrogens is 412 g/mol. The highest BCUT2D eigenvalue weighted by Crippen LogP contribution is 2.23. The molecule has 0 bridgehead atoms. The van der Waals surface area contributed by atoms with E-state index in [1.165, 1.54) is 12.1 Å². The third-order valence-electron chi connectivity index (χ3n) is 4.51. The van der Waals surface area contributed by atoms with Gasteiger partial charge in [-0.25, -0.2) is 16.8 Å². The summed E-state index contributed by atoms with van der Waals surface area (Å²) in [5.41, 5.74) is 2.03. The Morgan fingerprint density at radius 3 is 2.10 bits per heavy atom. The van der Waals surface area contributed by atoms with Crippen molar-refractivity contribution in [3.63, 3.8) is 0 Å². The number of nitrogens with one attached hydrogen (secondary N) is 1. The van der Waals surface area contributed by atoms with E-state index in [1.54, 1.807) is 31.2 Å². The van der Waals surface area contributed by atoms with Crippen LogP contribution in [0, 0.1) is 0 Å². The van der Waals surface area contributed by atoms with Crippen LogP contribution in [0.25, 0.3) is 0 Å². The monoisotopic (exact) mass is 438 g/mol. The summed E-state index contributed by atoms with van der Waals surface area (Å²) in [6.07, 6.45) is 2.83. The maximum atomic E-state index is 12.6. The third-order valence-corrected chi connectivity index (χ3v) is 6.77. The Hall–Kier alpha value is -2.39. The summed E-state index contributed by atoms with van der Waals surface area (Å²) < 4.78 is 48.8. The molecule has 0 spiro atoms. The SMILES string of the molecule is CCc1ccccc1N(CC(=O)N[C@H](C)c1ccc(S(C)(=O)=O)cc1)S(C)(=O)=O. The fourth-order valence-electron chi connectivity index (χ4n) is 2.94. The van der Waals surface area contributed by atoms with E-state index in [2.05, 4.69) is 5.32 Å². The van der Waals surface area contributed by atoms with Crippen molar-refractivity contribution in [2.45, 2.75) is 31.2 Å². The number of amides is 1. The molecule has 2 aromatic carbocycles. The number of benzene rings is 2. The van der Waals surface area contributed by atoms with Crippen molar-refractivity contribution in [1.82, 2.24) is 5.32 Å². The van der Waals surface area contributed by atoms with Gasteiger partial charge in [-0.05, 0) is 42.7 Å². The van der Waals surface area contributed by atoms with Gasteiger partial charge in [0.1, 0.15) is 6.54 Å². The number of carbonyl (C=O) groups is 1. The summed E-state index contributed by atoms with van der Waals surface area (Å²) in [5.74, 6) is -0.457. The minimum Gasteiger partial charge on any atom is -0.348 e. The Labute approximate surface area is 172 Å². The largest absolute Gasteiger partial charge is 0.348 e. The van der Waals surface area contributed by atoms with Crippen molar-refractivity contribution in [3.05, 3.63) is 59.7 Å². The van der Waals surface area contributed by atoms with Crippen LogP contribution in [-0.4, -0.2) is 41.8 Å². The van der Waals surface area contributed by atoms with Crippen molar-refractivity contribution in [3.8, 4) is 0 Å². The van der Waals surface area contributed by atoms with Gasteiger partial charge in [-0.15, -0.1) is 0 Å². The van der Waals surface area contributed by atoms with Gasteiger partial charge < -0.3 is 5.32 Å². The molecule has 2 aromatic rings. The van der Waals surface area contributed by atoms with Crippen LogP contribution in [0.5, 0.6) is 0 Å². The van der Waals surface area contributed by atoms with Crippen molar-refractivity contribution >= 4 is 31.5 Å². The van der Waals surface area contributed by atoms with E-state index in [-0.39, 0.29) is 11.4 Å². The molecule has 0 unspecified atom stereocenters. The number of carbonyl (C=O) groups excluding carboxylic acids is 1. The maximum Gasteiger partial charge on any atom is 0.241 e. The summed E-state index contributed by atoms with van der Waals surface area (Å²) in [4.78, 5) is 12.8. The fourth-order valence-corrected chi connectivity index (χ4v) is 4.46. The van der Waals surface area contributed by atoms with Gasteiger partial charge in [0.05, 0.1) is 22.9 Å². The number of sulfone groups is 1. The molecule has 0 saturated carbocycles. The van der Waals surface area contributed by atoms with Crippen molar-refractivity contribution in [2.24, 2.45) is 0 Å². The zero-order valence-electron chi connectivity index (χ0n) is 16.9. The molecule has 158 valence electrons. The number of para-hydroxylation sites is 1. The second-order valence-corrected chi connectivity index (χ2v) is 10.8. The number of nitrogens with zero attached hydrogens (tertiary/aromatic N) is 1. The highest BCUT2D eigenvalue weighted by molar-refractivity contribution is 7.92. The summed E-state index contributed by atoms with van der Waals surface area (Å²) in [6.45, 7) is 3.32. The number of aryl methyl sites for hydroxylation is 1. The van der Waals surface area contributed by atoms with Crippen LogP contribution in [-0.2, 0) is 31.1 Å². The predicted molar refractivity (Wildman–Crippen MR) is 114 cm³/mol. The normalized spacial score (nSPS) is 13.0. The van der Waals surface area contributed by atoms with E-state index in [9.17, 15) is 21.6 Å².